The summed E-state index contributed by atoms with van der Waals surface area (Å²) in [4.78, 5) is 3.90. The number of halogens is 1. The van der Waals surface area contributed by atoms with Crippen LogP contribution in [0, 0.1) is 5.82 Å². The molecule has 0 aliphatic carbocycles. The largest absolute Gasteiger partial charge is 0.306 e. The van der Waals surface area contributed by atoms with Crippen LogP contribution in [0.5, 0.6) is 0 Å². The lowest BCUT2D eigenvalue weighted by molar-refractivity contribution is 0.596. The molecule has 0 fully saturated rings. The van der Waals surface area contributed by atoms with Gasteiger partial charge in [0.2, 0.25) is 0 Å². The van der Waals surface area contributed by atoms with Crippen molar-refractivity contribution in [3.63, 3.8) is 0 Å². The molecule has 88 valence electrons. The minimum absolute atomic E-state index is 0.00981. The van der Waals surface area contributed by atoms with Crippen LogP contribution in [0.4, 0.5) is 4.39 Å². The molecule has 0 bridgehead atoms. The van der Waals surface area contributed by atoms with Gasteiger partial charge in [0.05, 0.1) is 12.2 Å². The molecule has 1 N–H and O–H groups in total. The van der Waals surface area contributed by atoms with Crippen LogP contribution in [0.2, 0.25) is 0 Å². The van der Waals surface area contributed by atoms with E-state index in [4.69, 9.17) is 0 Å². The van der Waals surface area contributed by atoms with E-state index in [9.17, 15) is 4.39 Å². The van der Waals surface area contributed by atoms with Gasteiger partial charge >= 0.3 is 0 Å². The van der Waals surface area contributed by atoms with Crippen molar-refractivity contribution < 1.29 is 4.39 Å². The first-order valence-electron chi connectivity index (χ1n) is 5.70. The topological polar surface area (TPSA) is 24.9 Å². The predicted molar refractivity (Wildman–Crippen MR) is 66.2 cm³/mol. The number of aromatic nitrogens is 1. The first kappa shape index (κ1) is 11.7. The molecule has 0 saturated heterocycles. The van der Waals surface area contributed by atoms with Crippen molar-refractivity contribution >= 4 is 0 Å². The summed E-state index contributed by atoms with van der Waals surface area (Å²) in [5, 5.41) is 3.34. The summed E-state index contributed by atoms with van der Waals surface area (Å²) in [5.41, 5.74) is 1.96. The summed E-state index contributed by atoms with van der Waals surface area (Å²) in [6.07, 6.45) is 2.92. The van der Waals surface area contributed by atoms with Gasteiger partial charge in [0.25, 0.3) is 0 Å². The molecule has 1 aromatic heterocycles. The lowest BCUT2D eigenvalue weighted by atomic mass is 10.0. The van der Waals surface area contributed by atoms with Crippen molar-refractivity contribution in [1.82, 2.24) is 10.3 Å². The number of benzene rings is 1. The summed E-state index contributed by atoms with van der Waals surface area (Å²) >= 11 is 0. The molecule has 3 heteroatoms. The Morgan fingerprint density at radius 3 is 2.59 bits per heavy atom. The van der Waals surface area contributed by atoms with E-state index >= 15 is 0 Å². The second-order valence-corrected chi connectivity index (χ2v) is 3.84. The van der Waals surface area contributed by atoms with Crippen LogP contribution in [0.3, 0.4) is 0 Å². The number of rotatable bonds is 4. The van der Waals surface area contributed by atoms with Gasteiger partial charge < -0.3 is 5.32 Å². The monoisotopic (exact) mass is 230 g/mol. The van der Waals surface area contributed by atoms with E-state index in [1.807, 2.05) is 37.3 Å². The Kier molecular flexibility index (Phi) is 3.83. The van der Waals surface area contributed by atoms with Crippen molar-refractivity contribution in [3.8, 4) is 0 Å². The first-order valence-corrected chi connectivity index (χ1v) is 5.70. The average molecular weight is 230 g/mol. The Morgan fingerprint density at radius 2 is 1.94 bits per heavy atom. The zero-order chi connectivity index (χ0) is 12.1. The van der Waals surface area contributed by atoms with Crippen LogP contribution in [0.1, 0.15) is 24.1 Å². The molecular weight excluding hydrogens is 215 g/mol. The van der Waals surface area contributed by atoms with Crippen molar-refractivity contribution in [1.29, 1.82) is 0 Å². The summed E-state index contributed by atoms with van der Waals surface area (Å²) in [5.74, 6) is -0.304. The van der Waals surface area contributed by atoms with Crippen molar-refractivity contribution in [3.05, 3.63) is 65.7 Å². The van der Waals surface area contributed by atoms with Gasteiger partial charge in [-0.15, -0.1) is 0 Å². The lowest BCUT2D eigenvalue weighted by Gasteiger charge is -2.18. The molecule has 1 aromatic carbocycles. The van der Waals surface area contributed by atoms with Crippen LogP contribution in [-0.2, 0) is 0 Å². The van der Waals surface area contributed by atoms with Crippen LogP contribution >= 0.6 is 0 Å². The van der Waals surface area contributed by atoms with E-state index < -0.39 is 0 Å². The zero-order valence-electron chi connectivity index (χ0n) is 9.73. The van der Waals surface area contributed by atoms with E-state index in [1.54, 1.807) is 6.20 Å². The van der Waals surface area contributed by atoms with Gasteiger partial charge in [-0.3, -0.25) is 4.98 Å². The van der Waals surface area contributed by atoms with Gasteiger partial charge in [0, 0.05) is 6.20 Å². The minimum atomic E-state index is -0.304. The number of hydrogen-bond acceptors (Lipinski definition) is 2. The maximum Gasteiger partial charge on any atom is 0.141 e. The molecule has 1 unspecified atom stereocenters. The summed E-state index contributed by atoms with van der Waals surface area (Å²) in [6.45, 7) is 2.85. The van der Waals surface area contributed by atoms with Gasteiger partial charge in [0.1, 0.15) is 5.82 Å². The Hall–Kier alpha value is -1.74. The van der Waals surface area contributed by atoms with E-state index in [1.165, 1.54) is 12.3 Å². The van der Waals surface area contributed by atoms with Crippen LogP contribution in [-0.4, -0.2) is 11.5 Å². The van der Waals surface area contributed by atoms with Gasteiger partial charge in [-0.2, -0.15) is 0 Å². The maximum absolute atomic E-state index is 13.2. The molecular formula is C14H15FN2. The summed E-state index contributed by atoms with van der Waals surface area (Å²) in [7, 11) is 0. The van der Waals surface area contributed by atoms with Crippen molar-refractivity contribution in [2.75, 3.05) is 6.54 Å². The fourth-order valence-electron chi connectivity index (χ4n) is 1.86. The van der Waals surface area contributed by atoms with Gasteiger partial charge in [-0.25, -0.2) is 4.39 Å². The fourth-order valence-corrected chi connectivity index (χ4v) is 1.86. The van der Waals surface area contributed by atoms with Gasteiger partial charge in [0.15, 0.2) is 0 Å². The molecule has 0 aliphatic rings. The Bertz CT molecular complexity index is 471. The molecule has 0 aliphatic heterocycles. The molecule has 0 amide bonds. The summed E-state index contributed by atoms with van der Waals surface area (Å²) in [6, 6.07) is 11.5. The normalized spacial score (nSPS) is 12.4. The molecule has 0 saturated carbocycles. The SMILES string of the molecule is CCNC(c1ccccc1)c1cncc(F)c1. The standard InChI is InChI=1S/C14H15FN2/c1-2-17-14(11-6-4-3-5-7-11)12-8-13(15)10-16-9-12/h3-10,14,17H,2H2,1H3. The van der Waals surface area contributed by atoms with E-state index in [0.29, 0.717) is 0 Å². The zero-order valence-corrected chi connectivity index (χ0v) is 9.73. The molecule has 2 nitrogen and oxygen atoms in total. The quantitative estimate of drug-likeness (QED) is 0.873. The second-order valence-electron chi connectivity index (χ2n) is 3.84. The minimum Gasteiger partial charge on any atom is -0.306 e. The fraction of sp³-hybridized carbons (Fsp3) is 0.214. The first-order chi connectivity index (χ1) is 8.31. The highest BCUT2D eigenvalue weighted by Gasteiger charge is 2.13. The highest BCUT2D eigenvalue weighted by molar-refractivity contribution is 5.30. The van der Waals surface area contributed by atoms with Gasteiger partial charge in [-0.05, 0) is 23.7 Å². The molecule has 1 heterocycles. The Labute approximate surface area is 101 Å². The van der Waals surface area contributed by atoms with Gasteiger partial charge in [-0.1, -0.05) is 37.3 Å². The lowest BCUT2D eigenvalue weighted by Crippen LogP contribution is -2.22. The molecule has 1 atom stereocenters. The number of nitrogens with one attached hydrogen (secondary N) is 1. The molecule has 2 rings (SSSR count). The highest BCUT2D eigenvalue weighted by Crippen LogP contribution is 2.21. The number of pyridine rings is 1. The second kappa shape index (κ2) is 5.55. The Balaban J connectivity index is 2.35. The third-order valence-corrected chi connectivity index (χ3v) is 2.60. The molecule has 0 radical (unpaired) electrons. The van der Waals surface area contributed by atoms with Crippen molar-refractivity contribution in [2.45, 2.75) is 13.0 Å². The third-order valence-electron chi connectivity index (χ3n) is 2.60. The van der Waals surface area contributed by atoms with Crippen LogP contribution in [0.25, 0.3) is 0 Å². The third kappa shape index (κ3) is 2.88. The molecule has 2 aromatic rings. The van der Waals surface area contributed by atoms with E-state index in [0.717, 1.165) is 17.7 Å². The van der Waals surface area contributed by atoms with Crippen LogP contribution < -0.4 is 5.32 Å². The van der Waals surface area contributed by atoms with Crippen molar-refractivity contribution in [2.24, 2.45) is 0 Å². The van der Waals surface area contributed by atoms with Crippen LogP contribution in [0.15, 0.2) is 48.8 Å². The number of hydrogen-bond donors (Lipinski definition) is 1. The molecule has 0 spiro atoms. The smallest absolute Gasteiger partial charge is 0.141 e. The predicted octanol–water partition coefficient (Wildman–Crippen LogP) is 2.92. The maximum atomic E-state index is 13.2. The van der Waals surface area contributed by atoms with E-state index in [2.05, 4.69) is 10.3 Å². The molecule has 17 heavy (non-hydrogen) atoms. The highest BCUT2D eigenvalue weighted by atomic mass is 19.1. The summed E-state index contributed by atoms with van der Waals surface area (Å²) < 4.78 is 13.2. The van der Waals surface area contributed by atoms with E-state index in [-0.39, 0.29) is 11.9 Å². The number of nitrogens with zero attached hydrogens (tertiary/aromatic N) is 1. The average Bonchev–Trinajstić information content (AvgIpc) is 2.37. The Morgan fingerprint density at radius 1 is 1.18 bits per heavy atom.